The quantitative estimate of drug-likeness (QED) is 0.319. The Balaban J connectivity index is 1.39. The van der Waals surface area contributed by atoms with E-state index in [0.717, 1.165) is 34.5 Å². The SMILES string of the molecule is CCN1c2cc(OC)c(/C=N/NC(=O)COc3ccc(-c4ccccc4)cc3)cc2C(C)=CC1(C)C. The van der Waals surface area contributed by atoms with Crippen LogP contribution in [-0.2, 0) is 4.79 Å². The average molecular weight is 484 g/mol. The maximum Gasteiger partial charge on any atom is 0.277 e. The molecule has 1 aliphatic heterocycles. The van der Waals surface area contributed by atoms with Crippen LogP contribution in [0.4, 0.5) is 5.69 Å². The van der Waals surface area contributed by atoms with Crippen molar-refractivity contribution in [2.45, 2.75) is 33.2 Å². The summed E-state index contributed by atoms with van der Waals surface area (Å²) < 4.78 is 11.3. The van der Waals surface area contributed by atoms with Crippen LogP contribution in [0.1, 0.15) is 38.8 Å². The average Bonchev–Trinajstić information content (AvgIpc) is 2.88. The van der Waals surface area contributed by atoms with Crippen LogP contribution in [0.3, 0.4) is 0 Å². The van der Waals surface area contributed by atoms with Gasteiger partial charge >= 0.3 is 0 Å². The zero-order valence-electron chi connectivity index (χ0n) is 21.5. The molecule has 36 heavy (non-hydrogen) atoms. The van der Waals surface area contributed by atoms with Crippen molar-refractivity contribution in [2.75, 3.05) is 25.2 Å². The first-order chi connectivity index (χ1) is 17.3. The first-order valence-corrected chi connectivity index (χ1v) is 12.1. The van der Waals surface area contributed by atoms with Gasteiger partial charge in [-0.15, -0.1) is 0 Å². The summed E-state index contributed by atoms with van der Waals surface area (Å²) in [6, 6.07) is 21.9. The lowest BCUT2D eigenvalue weighted by Crippen LogP contribution is -2.44. The number of methoxy groups -OCH3 is 1. The van der Waals surface area contributed by atoms with Crippen molar-refractivity contribution in [3.8, 4) is 22.6 Å². The van der Waals surface area contributed by atoms with E-state index >= 15 is 0 Å². The second-order valence-corrected chi connectivity index (χ2v) is 9.31. The van der Waals surface area contributed by atoms with Crippen molar-refractivity contribution in [3.05, 3.63) is 83.9 Å². The third-order valence-corrected chi connectivity index (χ3v) is 6.37. The number of allylic oxidation sites excluding steroid dienone is 1. The van der Waals surface area contributed by atoms with Gasteiger partial charge in [0, 0.05) is 29.4 Å². The van der Waals surface area contributed by atoms with Gasteiger partial charge in [-0.2, -0.15) is 5.10 Å². The topological polar surface area (TPSA) is 63.2 Å². The molecule has 0 fully saturated rings. The van der Waals surface area contributed by atoms with Gasteiger partial charge in [0.1, 0.15) is 11.5 Å². The molecule has 6 nitrogen and oxygen atoms in total. The predicted molar refractivity (Wildman–Crippen MR) is 147 cm³/mol. The summed E-state index contributed by atoms with van der Waals surface area (Å²) in [6.07, 6.45) is 3.88. The number of benzene rings is 3. The Morgan fingerprint density at radius 1 is 1.06 bits per heavy atom. The van der Waals surface area contributed by atoms with Gasteiger partial charge in [0.2, 0.25) is 0 Å². The molecule has 186 valence electrons. The maximum absolute atomic E-state index is 12.3. The lowest BCUT2D eigenvalue weighted by molar-refractivity contribution is -0.123. The summed E-state index contributed by atoms with van der Waals surface area (Å²) in [5.41, 5.74) is 8.93. The fraction of sp³-hybridized carbons (Fsp3) is 0.267. The molecule has 1 aliphatic rings. The minimum atomic E-state index is -0.342. The standard InChI is InChI=1S/C30H33N3O3/c1-6-33-27-17-28(35-5)24(16-26(27)21(2)18-30(33,3)4)19-31-32-29(34)20-36-25-14-12-23(13-15-25)22-10-8-7-9-11-22/h7-19H,6,20H2,1-5H3,(H,32,34)/b31-19+. The van der Waals surface area contributed by atoms with Gasteiger partial charge < -0.3 is 14.4 Å². The van der Waals surface area contributed by atoms with Gasteiger partial charge in [-0.3, -0.25) is 4.79 Å². The monoisotopic (exact) mass is 483 g/mol. The van der Waals surface area contributed by atoms with Crippen molar-refractivity contribution in [1.82, 2.24) is 5.43 Å². The van der Waals surface area contributed by atoms with Crippen molar-refractivity contribution in [3.63, 3.8) is 0 Å². The molecule has 3 aromatic carbocycles. The molecule has 6 heteroatoms. The Labute approximate surface area is 213 Å². The number of nitrogens with one attached hydrogen (secondary N) is 1. The van der Waals surface area contributed by atoms with E-state index in [1.165, 1.54) is 5.57 Å². The van der Waals surface area contributed by atoms with E-state index < -0.39 is 0 Å². The second kappa shape index (κ2) is 10.7. The maximum atomic E-state index is 12.3. The third kappa shape index (κ3) is 5.43. The van der Waals surface area contributed by atoms with Crippen molar-refractivity contribution >= 4 is 23.4 Å². The largest absolute Gasteiger partial charge is 0.496 e. The number of likely N-dealkylation sites (N-methyl/N-ethyl adjacent to an activating group) is 1. The Hall–Kier alpha value is -4.06. The van der Waals surface area contributed by atoms with Crippen LogP contribution in [0.25, 0.3) is 16.7 Å². The van der Waals surface area contributed by atoms with Gasteiger partial charge in [0.05, 0.1) is 18.9 Å². The number of hydrogen-bond donors (Lipinski definition) is 1. The molecular weight excluding hydrogens is 450 g/mol. The number of ether oxygens (including phenoxy) is 2. The van der Waals surface area contributed by atoms with Crippen molar-refractivity contribution in [1.29, 1.82) is 0 Å². The highest BCUT2D eigenvalue weighted by molar-refractivity contribution is 5.91. The Bertz CT molecular complexity index is 1280. The number of carbonyl (C=O) groups is 1. The molecule has 0 saturated carbocycles. The van der Waals surface area contributed by atoms with Crippen LogP contribution in [0.5, 0.6) is 11.5 Å². The van der Waals surface area contributed by atoms with E-state index in [-0.39, 0.29) is 18.1 Å². The molecule has 0 radical (unpaired) electrons. The van der Waals surface area contributed by atoms with Crippen molar-refractivity contribution in [2.24, 2.45) is 5.10 Å². The lowest BCUT2D eigenvalue weighted by Gasteiger charge is -2.43. The van der Waals surface area contributed by atoms with Gasteiger partial charge in [0.25, 0.3) is 5.91 Å². The molecule has 0 aliphatic carbocycles. The Morgan fingerprint density at radius 3 is 2.42 bits per heavy atom. The van der Waals surface area contributed by atoms with E-state index in [0.29, 0.717) is 11.5 Å². The number of anilines is 1. The summed E-state index contributed by atoms with van der Waals surface area (Å²) in [6.45, 7) is 9.43. The molecule has 1 amide bonds. The van der Waals surface area contributed by atoms with Gasteiger partial charge in [0.15, 0.2) is 6.61 Å². The second-order valence-electron chi connectivity index (χ2n) is 9.31. The molecule has 0 aromatic heterocycles. The van der Waals surface area contributed by atoms with E-state index in [2.05, 4.69) is 67.4 Å². The zero-order chi connectivity index (χ0) is 25.7. The number of amides is 1. The van der Waals surface area contributed by atoms with Crippen LogP contribution in [-0.4, -0.2) is 37.9 Å². The minimum Gasteiger partial charge on any atom is -0.496 e. The van der Waals surface area contributed by atoms with E-state index in [9.17, 15) is 4.79 Å². The Morgan fingerprint density at radius 2 is 1.75 bits per heavy atom. The highest BCUT2D eigenvalue weighted by Crippen LogP contribution is 2.41. The highest BCUT2D eigenvalue weighted by atomic mass is 16.5. The Kier molecular flexibility index (Phi) is 7.44. The number of hydrazone groups is 1. The number of nitrogens with zero attached hydrogens (tertiary/aromatic N) is 2. The van der Waals surface area contributed by atoms with E-state index in [4.69, 9.17) is 9.47 Å². The first-order valence-electron chi connectivity index (χ1n) is 12.1. The molecule has 0 bridgehead atoms. The van der Waals surface area contributed by atoms with Gasteiger partial charge in [-0.1, -0.05) is 48.5 Å². The molecule has 3 aromatic rings. The van der Waals surface area contributed by atoms with Crippen LogP contribution >= 0.6 is 0 Å². The molecule has 0 spiro atoms. The third-order valence-electron chi connectivity index (χ3n) is 6.37. The van der Waals surface area contributed by atoms with Crippen LogP contribution < -0.4 is 19.8 Å². The fourth-order valence-corrected chi connectivity index (χ4v) is 4.71. The number of carbonyl (C=O) groups excluding carboxylic acids is 1. The normalized spacial score (nSPS) is 14.2. The summed E-state index contributed by atoms with van der Waals surface area (Å²) in [5.74, 6) is 0.978. The highest BCUT2D eigenvalue weighted by Gasteiger charge is 2.31. The van der Waals surface area contributed by atoms with Crippen LogP contribution in [0.2, 0.25) is 0 Å². The molecule has 1 N–H and O–H groups in total. The van der Waals surface area contributed by atoms with Crippen LogP contribution in [0.15, 0.2) is 77.9 Å². The lowest BCUT2D eigenvalue weighted by atomic mass is 9.88. The summed E-state index contributed by atoms with van der Waals surface area (Å²) in [7, 11) is 1.64. The smallest absolute Gasteiger partial charge is 0.277 e. The van der Waals surface area contributed by atoms with E-state index in [1.54, 1.807) is 13.3 Å². The molecule has 0 saturated heterocycles. The summed E-state index contributed by atoms with van der Waals surface area (Å²) in [5, 5.41) is 4.14. The van der Waals surface area contributed by atoms with Gasteiger partial charge in [-0.25, -0.2) is 5.43 Å². The molecule has 1 heterocycles. The summed E-state index contributed by atoms with van der Waals surface area (Å²) >= 11 is 0. The fourth-order valence-electron chi connectivity index (χ4n) is 4.71. The van der Waals surface area contributed by atoms with Crippen LogP contribution in [0, 0.1) is 0 Å². The first kappa shape index (κ1) is 25.0. The number of fused-ring (bicyclic) bond motifs is 1. The molecule has 0 atom stereocenters. The molecule has 0 unspecified atom stereocenters. The number of rotatable bonds is 8. The van der Waals surface area contributed by atoms with Gasteiger partial charge in [-0.05, 0) is 62.6 Å². The summed E-state index contributed by atoms with van der Waals surface area (Å²) in [4.78, 5) is 14.6. The molecular formula is C30H33N3O3. The number of hydrogen-bond acceptors (Lipinski definition) is 5. The predicted octanol–water partition coefficient (Wildman–Crippen LogP) is 5.91. The van der Waals surface area contributed by atoms with E-state index in [1.807, 2.05) is 48.5 Å². The van der Waals surface area contributed by atoms with Crippen molar-refractivity contribution < 1.29 is 14.3 Å². The minimum absolute atomic E-state index is 0.0811. The molecule has 4 rings (SSSR count). The zero-order valence-corrected chi connectivity index (χ0v) is 21.5.